The first kappa shape index (κ1) is 20.6. The minimum atomic E-state index is -0.101. The molecule has 1 fully saturated rings. The summed E-state index contributed by atoms with van der Waals surface area (Å²) in [5, 5.41) is 5.86. The number of piperazine rings is 1. The zero-order valence-corrected chi connectivity index (χ0v) is 17.8. The Hall–Kier alpha value is -2.63. The van der Waals surface area contributed by atoms with Gasteiger partial charge in [0.25, 0.3) is 5.91 Å². The van der Waals surface area contributed by atoms with Gasteiger partial charge in [-0.3, -0.25) is 14.7 Å². The Morgan fingerprint density at radius 3 is 2.57 bits per heavy atom. The largest absolute Gasteiger partial charge is 0.369 e. The van der Waals surface area contributed by atoms with E-state index < -0.39 is 0 Å². The first-order valence-electron chi connectivity index (χ1n) is 10.5. The highest BCUT2D eigenvalue weighted by Gasteiger charge is 2.17. The fraction of sp³-hybridized carbons (Fsp3) is 0.333. The van der Waals surface area contributed by atoms with Gasteiger partial charge in [-0.15, -0.1) is 0 Å². The van der Waals surface area contributed by atoms with Gasteiger partial charge in [0, 0.05) is 55.0 Å². The van der Waals surface area contributed by atoms with Crippen molar-refractivity contribution in [3.05, 3.63) is 71.5 Å². The van der Waals surface area contributed by atoms with E-state index in [1.807, 2.05) is 48.5 Å². The molecule has 0 unspecified atom stereocenters. The van der Waals surface area contributed by atoms with Gasteiger partial charge in [0.15, 0.2) is 0 Å². The molecule has 0 saturated carbocycles. The Kier molecular flexibility index (Phi) is 6.82. The van der Waals surface area contributed by atoms with Crippen molar-refractivity contribution in [2.75, 3.05) is 44.2 Å². The summed E-state index contributed by atoms with van der Waals surface area (Å²) in [6.07, 6.45) is 3.80. The zero-order chi connectivity index (χ0) is 20.8. The van der Waals surface area contributed by atoms with Crippen molar-refractivity contribution in [1.82, 2.24) is 15.2 Å². The minimum absolute atomic E-state index is 0.101. The maximum Gasteiger partial charge on any atom is 0.269 e. The Bertz CT molecular complexity index is 1000. The van der Waals surface area contributed by atoms with E-state index in [4.69, 9.17) is 11.6 Å². The second kappa shape index (κ2) is 9.92. The number of pyridine rings is 1. The van der Waals surface area contributed by atoms with Crippen LogP contribution in [-0.2, 0) is 0 Å². The monoisotopic (exact) mass is 422 g/mol. The highest BCUT2D eigenvalue weighted by atomic mass is 35.5. The second-order valence-corrected chi connectivity index (χ2v) is 8.12. The molecular weight excluding hydrogens is 396 g/mol. The van der Waals surface area contributed by atoms with E-state index in [-0.39, 0.29) is 5.91 Å². The predicted molar refractivity (Wildman–Crippen MR) is 123 cm³/mol. The SMILES string of the molecule is O=C(NCCCCN1CCN(c2cccc(Cl)c2)CC1)c1cc2ccccc2cn1. The molecular formula is C24H27ClN4O. The maximum absolute atomic E-state index is 12.3. The second-order valence-electron chi connectivity index (χ2n) is 7.69. The van der Waals surface area contributed by atoms with E-state index in [0.29, 0.717) is 12.2 Å². The number of fused-ring (bicyclic) bond motifs is 1. The molecule has 0 atom stereocenters. The number of rotatable bonds is 7. The third-order valence-electron chi connectivity index (χ3n) is 5.60. The third kappa shape index (κ3) is 5.29. The van der Waals surface area contributed by atoms with Crippen LogP contribution in [0.5, 0.6) is 0 Å². The quantitative estimate of drug-likeness (QED) is 0.579. The summed E-state index contributed by atoms with van der Waals surface area (Å²) in [7, 11) is 0. The molecule has 2 heterocycles. The van der Waals surface area contributed by atoms with Crippen molar-refractivity contribution in [3.63, 3.8) is 0 Å². The minimum Gasteiger partial charge on any atom is -0.369 e. The topological polar surface area (TPSA) is 48.5 Å². The van der Waals surface area contributed by atoms with Gasteiger partial charge in [-0.05, 0) is 49.0 Å². The number of hydrogen-bond acceptors (Lipinski definition) is 4. The van der Waals surface area contributed by atoms with Crippen LogP contribution in [0.4, 0.5) is 5.69 Å². The van der Waals surface area contributed by atoms with Crippen LogP contribution in [0.25, 0.3) is 10.8 Å². The molecule has 0 aliphatic carbocycles. The van der Waals surface area contributed by atoms with Crippen LogP contribution in [0.1, 0.15) is 23.3 Å². The van der Waals surface area contributed by atoms with Gasteiger partial charge in [-0.25, -0.2) is 0 Å². The highest BCUT2D eigenvalue weighted by molar-refractivity contribution is 6.30. The third-order valence-corrected chi connectivity index (χ3v) is 5.83. The van der Waals surface area contributed by atoms with Crippen LogP contribution >= 0.6 is 11.6 Å². The molecule has 156 valence electrons. The smallest absolute Gasteiger partial charge is 0.269 e. The van der Waals surface area contributed by atoms with Crippen molar-refractivity contribution in [1.29, 1.82) is 0 Å². The summed E-state index contributed by atoms with van der Waals surface area (Å²) in [5.41, 5.74) is 1.68. The predicted octanol–water partition coefficient (Wildman–Crippen LogP) is 4.22. The first-order valence-corrected chi connectivity index (χ1v) is 10.9. The summed E-state index contributed by atoms with van der Waals surface area (Å²) in [4.78, 5) is 21.5. The summed E-state index contributed by atoms with van der Waals surface area (Å²) in [6, 6.07) is 17.9. The van der Waals surface area contributed by atoms with Crippen molar-refractivity contribution in [2.45, 2.75) is 12.8 Å². The van der Waals surface area contributed by atoms with Crippen LogP contribution in [0.15, 0.2) is 60.8 Å². The lowest BCUT2D eigenvalue weighted by molar-refractivity contribution is 0.0947. The Morgan fingerprint density at radius 2 is 1.77 bits per heavy atom. The molecule has 0 radical (unpaired) electrons. The molecule has 1 aliphatic rings. The molecule has 1 aliphatic heterocycles. The average Bonchev–Trinajstić information content (AvgIpc) is 2.79. The number of aromatic nitrogens is 1. The van der Waals surface area contributed by atoms with Crippen LogP contribution in [0, 0.1) is 0 Å². The Labute approximate surface area is 182 Å². The van der Waals surface area contributed by atoms with Gasteiger partial charge in [-0.1, -0.05) is 41.9 Å². The molecule has 6 heteroatoms. The van der Waals surface area contributed by atoms with Gasteiger partial charge in [-0.2, -0.15) is 0 Å². The number of halogens is 1. The van der Waals surface area contributed by atoms with Gasteiger partial charge >= 0.3 is 0 Å². The summed E-state index contributed by atoms with van der Waals surface area (Å²) < 4.78 is 0. The number of anilines is 1. The maximum atomic E-state index is 12.3. The summed E-state index contributed by atoms with van der Waals surface area (Å²) in [6.45, 7) is 5.89. The Morgan fingerprint density at radius 1 is 0.967 bits per heavy atom. The fourth-order valence-corrected chi connectivity index (χ4v) is 4.05. The summed E-state index contributed by atoms with van der Waals surface area (Å²) in [5.74, 6) is -0.101. The van der Waals surface area contributed by atoms with Gasteiger partial charge in [0.1, 0.15) is 5.69 Å². The van der Waals surface area contributed by atoms with E-state index >= 15 is 0 Å². The molecule has 2 aromatic carbocycles. The lowest BCUT2D eigenvalue weighted by Crippen LogP contribution is -2.46. The van der Waals surface area contributed by atoms with Gasteiger partial charge in [0.05, 0.1) is 0 Å². The number of carbonyl (C=O) groups is 1. The molecule has 1 N–H and O–H groups in total. The van der Waals surface area contributed by atoms with E-state index in [9.17, 15) is 4.79 Å². The summed E-state index contributed by atoms with van der Waals surface area (Å²) >= 11 is 6.11. The fourth-order valence-electron chi connectivity index (χ4n) is 3.86. The molecule has 0 bridgehead atoms. The van der Waals surface area contributed by atoms with E-state index in [0.717, 1.165) is 61.4 Å². The number of nitrogens with one attached hydrogen (secondary N) is 1. The molecule has 1 amide bonds. The van der Waals surface area contributed by atoms with Crippen LogP contribution in [0.3, 0.4) is 0 Å². The number of carbonyl (C=O) groups excluding carboxylic acids is 1. The lowest BCUT2D eigenvalue weighted by atomic mass is 10.1. The molecule has 1 saturated heterocycles. The molecule has 3 aromatic rings. The molecule has 5 nitrogen and oxygen atoms in total. The van der Waals surface area contributed by atoms with Crippen LogP contribution < -0.4 is 10.2 Å². The van der Waals surface area contributed by atoms with Crippen molar-refractivity contribution < 1.29 is 4.79 Å². The van der Waals surface area contributed by atoms with Crippen LogP contribution in [0.2, 0.25) is 5.02 Å². The normalized spacial score (nSPS) is 14.8. The molecule has 1 aromatic heterocycles. The zero-order valence-electron chi connectivity index (χ0n) is 17.1. The number of benzene rings is 2. The number of nitrogens with zero attached hydrogens (tertiary/aromatic N) is 3. The molecule has 4 rings (SSSR count). The number of amides is 1. The standard InChI is InChI=1S/C24H27ClN4O/c25-21-8-5-9-22(17-21)29-14-12-28(13-15-29)11-4-3-10-26-24(30)23-16-19-6-1-2-7-20(19)18-27-23/h1-2,5-9,16-18H,3-4,10-15H2,(H,26,30). The molecule has 30 heavy (non-hydrogen) atoms. The van der Waals surface area contributed by atoms with Gasteiger partial charge < -0.3 is 10.2 Å². The van der Waals surface area contributed by atoms with Gasteiger partial charge in [0.2, 0.25) is 0 Å². The van der Waals surface area contributed by atoms with Crippen molar-refractivity contribution in [3.8, 4) is 0 Å². The average molecular weight is 423 g/mol. The van der Waals surface area contributed by atoms with E-state index in [1.165, 1.54) is 5.69 Å². The first-order chi connectivity index (χ1) is 14.7. The van der Waals surface area contributed by atoms with Crippen molar-refractivity contribution >= 4 is 34.0 Å². The van der Waals surface area contributed by atoms with Crippen molar-refractivity contribution in [2.24, 2.45) is 0 Å². The number of unbranched alkanes of at least 4 members (excludes halogenated alkanes) is 1. The molecule has 0 spiro atoms. The van der Waals surface area contributed by atoms with Crippen LogP contribution in [-0.4, -0.2) is 55.1 Å². The number of hydrogen-bond donors (Lipinski definition) is 1. The highest BCUT2D eigenvalue weighted by Crippen LogP contribution is 2.20. The van der Waals surface area contributed by atoms with E-state index in [1.54, 1.807) is 6.20 Å². The van der Waals surface area contributed by atoms with E-state index in [2.05, 4.69) is 26.2 Å². The lowest BCUT2D eigenvalue weighted by Gasteiger charge is -2.36. The Balaban J connectivity index is 1.15.